The molecular formula is C35H27N3O. The number of ether oxygens (including phenoxy) is 1. The Hall–Kier alpha value is -5.22. The molecule has 0 bridgehead atoms. The van der Waals surface area contributed by atoms with Crippen LogP contribution in [0.5, 0.6) is 5.75 Å². The predicted molar refractivity (Wildman–Crippen MR) is 159 cm³/mol. The van der Waals surface area contributed by atoms with Gasteiger partial charge in [-0.25, -0.2) is 9.67 Å². The first-order valence-corrected chi connectivity index (χ1v) is 13.0. The minimum Gasteiger partial charge on any atom is -0.489 e. The van der Waals surface area contributed by atoms with Crippen molar-refractivity contribution in [2.24, 2.45) is 4.99 Å². The van der Waals surface area contributed by atoms with E-state index in [4.69, 9.17) is 14.8 Å². The van der Waals surface area contributed by atoms with Crippen LogP contribution in [0.1, 0.15) is 11.1 Å². The van der Waals surface area contributed by atoms with Gasteiger partial charge < -0.3 is 4.74 Å². The van der Waals surface area contributed by atoms with E-state index in [-0.39, 0.29) is 0 Å². The standard InChI is InChI=1S/C35H27N3O/c1-5-13-28(14-6-1)26-39-32-23-21-27(22-24-32)25-36-35-33(29-15-7-2-8-16-29)34(30-17-9-3-10-18-30)37-38(35)31-19-11-4-12-20-31/h1-25H,26H2. The molecule has 0 aliphatic heterocycles. The van der Waals surface area contributed by atoms with Crippen LogP contribution < -0.4 is 4.74 Å². The minimum absolute atomic E-state index is 0.535. The van der Waals surface area contributed by atoms with Crippen LogP contribution in [0.4, 0.5) is 5.82 Å². The molecule has 39 heavy (non-hydrogen) atoms. The van der Waals surface area contributed by atoms with Crippen LogP contribution in [0.2, 0.25) is 0 Å². The van der Waals surface area contributed by atoms with Crippen molar-refractivity contribution < 1.29 is 4.74 Å². The van der Waals surface area contributed by atoms with Gasteiger partial charge in [-0.1, -0.05) is 109 Å². The number of nitrogens with zero attached hydrogens (tertiary/aromatic N) is 3. The van der Waals surface area contributed by atoms with Gasteiger partial charge in [-0.15, -0.1) is 0 Å². The molecule has 1 aromatic heterocycles. The number of aromatic nitrogens is 2. The smallest absolute Gasteiger partial charge is 0.164 e. The molecule has 1 heterocycles. The summed E-state index contributed by atoms with van der Waals surface area (Å²) in [5.41, 5.74) is 7.06. The Labute approximate surface area is 228 Å². The molecule has 0 aliphatic carbocycles. The van der Waals surface area contributed by atoms with Crippen LogP contribution >= 0.6 is 0 Å². The highest BCUT2D eigenvalue weighted by atomic mass is 16.5. The van der Waals surface area contributed by atoms with Crippen LogP contribution in [-0.2, 0) is 6.61 Å². The lowest BCUT2D eigenvalue weighted by Gasteiger charge is -2.07. The Morgan fingerprint density at radius 3 is 1.82 bits per heavy atom. The number of benzene rings is 5. The van der Waals surface area contributed by atoms with E-state index in [2.05, 4.69) is 48.5 Å². The fourth-order valence-corrected chi connectivity index (χ4v) is 4.47. The quantitative estimate of drug-likeness (QED) is 0.194. The molecule has 0 spiro atoms. The molecule has 0 fully saturated rings. The molecule has 0 atom stereocenters. The van der Waals surface area contributed by atoms with Gasteiger partial charge in [-0.3, -0.25) is 0 Å². The second-order valence-corrected chi connectivity index (χ2v) is 9.13. The van der Waals surface area contributed by atoms with Crippen molar-refractivity contribution in [1.29, 1.82) is 0 Å². The van der Waals surface area contributed by atoms with E-state index in [9.17, 15) is 0 Å². The van der Waals surface area contributed by atoms with Crippen LogP contribution in [0.25, 0.3) is 28.1 Å². The summed E-state index contributed by atoms with van der Waals surface area (Å²) in [6.07, 6.45) is 1.89. The summed E-state index contributed by atoms with van der Waals surface area (Å²) >= 11 is 0. The van der Waals surface area contributed by atoms with Gasteiger partial charge in [0.2, 0.25) is 0 Å². The Balaban J connectivity index is 1.39. The number of hydrogen-bond donors (Lipinski definition) is 0. The number of aliphatic imine (C=N–C) groups is 1. The number of hydrogen-bond acceptors (Lipinski definition) is 3. The molecule has 0 aliphatic rings. The molecule has 0 radical (unpaired) electrons. The van der Waals surface area contributed by atoms with Gasteiger partial charge in [0, 0.05) is 11.8 Å². The summed E-state index contributed by atoms with van der Waals surface area (Å²) < 4.78 is 7.89. The van der Waals surface area contributed by atoms with Crippen molar-refractivity contribution in [3.05, 3.63) is 157 Å². The largest absolute Gasteiger partial charge is 0.489 e. The van der Waals surface area contributed by atoms with Gasteiger partial charge in [-0.2, -0.15) is 5.10 Å². The molecule has 4 heteroatoms. The second kappa shape index (κ2) is 11.4. The Morgan fingerprint density at radius 1 is 0.615 bits per heavy atom. The van der Waals surface area contributed by atoms with Crippen molar-refractivity contribution in [3.8, 4) is 33.8 Å². The third-order valence-corrected chi connectivity index (χ3v) is 6.44. The van der Waals surface area contributed by atoms with E-state index in [0.29, 0.717) is 6.61 Å². The van der Waals surface area contributed by atoms with Gasteiger partial charge in [0.15, 0.2) is 5.82 Å². The first-order valence-electron chi connectivity index (χ1n) is 13.0. The first-order chi connectivity index (χ1) is 19.3. The summed E-state index contributed by atoms with van der Waals surface area (Å²) in [6, 6.07) is 48.9. The highest BCUT2D eigenvalue weighted by molar-refractivity contribution is 5.91. The Morgan fingerprint density at radius 2 is 1.18 bits per heavy atom. The summed E-state index contributed by atoms with van der Waals surface area (Å²) in [6.45, 7) is 0.535. The van der Waals surface area contributed by atoms with Crippen LogP contribution in [0.15, 0.2) is 151 Å². The highest BCUT2D eigenvalue weighted by Crippen LogP contribution is 2.40. The predicted octanol–water partition coefficient (Wildman–Crippen LogP) is 8.54. The van der Waals surface area contributed by atoms with Crippen LogP contribution in [0.3, 0.4) is 0 Å². The maximum absolute atomic E-state index is 5.96. The molecule has 188 valence electrons. The monoisotopic (exact) mass is 505 g/mol. The first kappa shape index (κ1) is 24.1. The number of para-hydroxylation sites is 1. The molecule has 0 saturated carbocycles. The topological polar surface area (TPSA) is 39.4 Å². The molecule has 6 aromatic rings. The van der Waals surface area contributed by atoms with E-state index in [0.717, 1.165) is 50.8 Å². The van der Waals surface area contributed by atoms with Gasteiger partial charge in [0.1, 0.15) is 18.1 Å². The van der Waals surface area contributed by atoms with E-state index in [1.807, 2.05) is 108 Å². The van der Waals surface area contributed by atoms with E-state index < -0.39 is 0 Å². The normalized spacial score (nSPS) is 11.1. The van der Waals surface area contributed by atoms with Crippen molar-refractivity contribution in [3.63, 3.8) is 0 Å². The average molecular weight is 506 g/mol. The summed E-state index contributed by atoms with van der Waals surface area (Å²) in [7, 11) is 0. The van der Waals surface area contributed by atoms with Crippen molar-refractivity contribution >= 4 is 12.0 Å². The van der Waals surface area contributed by atoms with Gasteiger partial charge in [0.05, 0.1) is 11.3 Å². The van der Waals surface area contributed by atoms with Crippen molar-refractivity contribution in [2.75, 3.05) is 0 Å². The fraction of sp³-hybridized carbons (Fsp3) is 0.0286. The maximum Gasteiger partial charge on any atom is 0.164 e. The maximum atomic E-state index is 5.96. The van der Waals surface area contributed by atoms with Gasteiger partial charge in [0.25, 0.3) is 0 Å². The molecule has 0 N–H and O–H groups in total. The molecule has 0 unspecified atom stereocenters. The van der Waals surface area contributed by atoms with Crippen LogP contribution in [-0.4, -0.2) is 16.0 Å². The summed E-state index contributed by atoms with van der Waals surface area (Å²) in [5, 5.41) is 5.09. The zero-order valence-corrected chi connectivity index (χ0v) is 21.4. The van der Waals surface area contributed by atoms with Gasteiger partial charge in [-0.05, 0) is 53.1 Å². The lowest BCUT2D eigenvalue weighted by atomic mass is 10.0. The average Bonchev–Trinajstić information content (AvgIpc) is 3.41. The third-order valence-electron chi connectivity index (χ3n) is 6.44. The second-order valence-electron chi connectivity index (χ2n) is 9.13. The lowest BCUT2D eigenvalue weighted by Crippen LogP contribution is -1.96. The fourth-order valence-electron chi connectivity index (χ4n) is 4.47. The third kappa shape index (κ3) is 5.55. The number of rotatable bonds is 8. The van der Waals surface area contributed by atoms with E-state index in [1.54, 1.807) is 0 Å². The lowest BCUT2D eigenvalue weighted by molar-refractivity contribution is 0.306. The Kier molecular flexibility index (Phi) is 7.08. The van der Waals surface area contributed by atoms with Crippen LogP contribution in [0, 0.1) is 0 Å². The van der Waals surface area contributed by atoms with Crippen molar-refractivity contribution in [2.45, 2.75) is 6.61 Å². The zero-order valence-electron chi connectivity index (χ0n) is 21.4. The molecule has 6 rings (SSSR count). The molecular weight excluding hydrogens is 478 g/mol. The SMILES string of the molecule is C(=Nc1c(-c2ccccc2)c(-c2ccccc2)nn1-c1ccccc1)c1ccc(OCc2ccccc2)cc1. The summed E-state index contributed by atoms with van der Waals surface area (Å²) in [4.78, 5) is 5.03. The highest BCUT2D eigenvalue weighted by Gasteiger charge is 2.21. The zero-order chi connectivity index (χ0) is 26.3. The van der Waals surface area contributed by atoms with Gasteiger partial charge >= 0.3 is 0 Å². The molecule has 0 saturated heterocycles. The summed E-state index contributed by atoms with van der Waals surface area (Å²) in [5.74, 6) is 1.59. The molecule has 5 aromatic carbocycles. The molecule has 4 nitrogen and oxygen atoms in total. The van der Waals surface area contributed by atoms with E-state index >= 15 is 0 Å². The van der Waals surface area contributed by atoms with E-state index in [1.165, 1.54) is 0 Å². The van der Waals surface area contributed by atoms with Crippen molar-refractivity contribution in [1.82, 2.24) is 9.78 Å². The minimum atomic E-state index is 0.535. The Bertz CT molecular complexity index is 1660. The molecule has 0 amide bonds.